The standard InChI is InChI=1S/C21H24ClN5O2S.2ClH/c1-30(28,29)15-4-2-3-14(11-15)12-24-19-16-5-6-21(7-9-23-10-8-21)18(16)26-20-17(22)13-25-27(19)20;;/h2-4,11,13,23-24H,5-10,12H2,1H3;2*1H. The van der Waals surface area contributed by atoms with Gasteiger partial charge in [0.1, 0.15) is 10.8 Å². The maximum absolute atomic E-state index is 11.9. The fourth-order valence-corrected chi connectivity index (χ4v) is 5.66. The van der Waals surface area contributed by atoms with Crippen LogP contribution in [-0.2, 0) is 28.2 Å². The number of halogens is 3. The van der Waals surface area contributed by atoms with Crippen molar-refractivity contribution in [3.8, 4) is 0 Å². The van der Waals surface area contributed by atoms with Crippen LogP contribution in [0.1, 0.15) is 36.1 Å². The minimum absolute atomic E-state index is 0. The van der Waals surface area contributed by atoms with Gasteiger partial charge in [-0.3, -0.25) is 0 Å². The molecule has 1 aliphatic carbocycles. The summed E-state index contributed by atoms with van der Waals surface area (Å²) in [5.74, 6) is 0.905. The van der Waals surface area contributed by atoms with Crippen molar-refractivity contribution >= 4 is 57.7 Å². The van der Waals surface area contributed by atoms with Gasteiger partial charge in [-0.25, -0.2) is 13.4 Å². The molecule has 5 rings (SSSR count). The van der Waals surface area contributed by atoms with Gasteiger partial charge >= 0.3 is 0 Å². The van der Waals surface area contributed by atoms with Crippen molar-refractivity contribution in [2.24, 2.45) is 0 Å². The maximum Gasteiger partial charge on any atom is 0.176 e. The van der Waals surface area contributed by atoms with Gasteiger partial charge in [0.2, 0.25) is 0 Å². The fraction of sp³-hybridized carbons (Fsp3) is 0.429. The molecule has 0 saturated carbocycles. The number of nitrogens with zero attached hydrogens (tertiary/aromatic N) is 3. The van der Waals surface area contributed by atoms with E-state index in [0.29, 0.717) is 22.1 Å². The SMILES string of the molecule is CS(=O)(=O)c1cccc(CNc2c3c(nc4c(Cl)cnn24)C2(CCNCC2)CC3)c1.Cl.Cl. The van der Waals surface area contributed by atoms with Crippen molar-refractivity contribution in [2.75, 3.05) is 24.7 Å². The van der Waals surface area contributed by atoms with Gasteiger partial charge in [-0.05, 0) is 56.5 Å². The first-order valence-electron chi connectivity index (χ1n) is 10.2. The fourth-order valence-electron chi connectivity index (χ4n) is 4.80. The second kappa shape index (κ2) is 9.35. The molecule has 1 fully saturated rings. The van der Waals surface area contributed by atoms with Crippen molar-refractivity contribution in [3.63, 3.8) is 0 Å². The number of benzene rings is 1. The van der Waals surface area contributed by atoms with Crippen molar-refractivity contribution in [3.05, 3.63) is 52.3 Å². The van der Waals surface area contributed by atoms with Gasteiger partial charge in [-0.2, -0.15) is 9.61 Å². The summed E-state index contributed by atoms with van der Waals surface area (Å²) < 4.78 is 25.6. The molecule has 1 saturated heterocycles. The summed E-state index contributed by atoms with van der Waals surface area (Å²) in [6.07, 6.45) is 7.03. The van der Waals surface area contributed by atoms with Crippen LogP contribution < -0.4 is 10.6 Å². The third-order valence-electron chi connectivity index (χ3n) is 6.41. The highest BCUT2D eigenvalue weighted by Gasteiger charge is 2.43. The Balaban J connectivity index is 0.00000144. The summed E-state index contributed by atoms with van der Waals surface area (Å²) >= 11 is 6.41. The molecule has 0 atom stereocenters. The largest absolute Gasteiger partial charge is 0.366 e. The van der Waals surface area contributed by atoms with Gasteiger partial charge < -0.3 is 10.6 Å². The quantitative estimate of drug-likeness (QED) is 0.546. The molecule has 1 aromatic carbocycles. The van der Waals surface area contributed by atoms with E-state index in [1.807, 2.05) is 6.07 Å². The second-order valence-corrected chi connectivity index (χ2v) is 10.7. The molecule has 1 aliphatic heterocycles. The van der Waals surface area contributed by atoms with E-state index in [9.17, 15) is 8.42 Å². The van der Waals surface area contributed by atoms with E-state index >= 15 is 0 Å². The number of aromatic nitrogens is 3. The zero-order valence-corrected chi connectivity index (χ0v) is 20.8. The predicted molar refractivity (Wildman–Crippen MR) is 131 cm³/mol. The van der Waals surface area contributed by atoms with E-state index in [1.165, 1.54) is 11.8 Å². The lowest BCUT2D eigenvalue weighted by molar-refractivity contribution is 0.301. The molecule has 2 aromatic heterocycles. The van der Waals surface area contributed by atoms with E-state index in [0.717, 1.165) is 55.8 Å². The number of hydrogen-bond donors (Lipinski definition) is 2. The molecule has 11 heteroatoms. The van der Waals surface area contributed by atoms with E-state index in [4.69, 9.17) is 16.6 Å². The van der Waals surface area contributed by atoms with Crippen LogP contribution in [0.25, 0.3) is 5.65 Å². The van der Waals surface area contributed by atoms with Crippen LogP contribution >= 0.6 is 36.4 Å². The molecule has 1 spiro atoms. The highest BCUT2D eigenvalue weighted by Crippen LogP contribution is 2.46. The van der Waals surface area contributed by atoms with Crippen LogP contribution in [0.3, 0.4) is 0 Å². The average Bonchev–Trinajstić information content (AvgIpc) is 3.27. The summed E-state index contributed by atoms with van der Waals surface area (Å²) in [5, 5.41) is 12.0. The summed E-state index contributed by atoms with van der Waals surface area (Å²) in [6, 6.07) is 7.03. The summed E-state index contributed by atoms with van der Waals surface area (Å²) in [5.41, 5.74) is 4.00. The van der Waals surface area contributed by atoms with Gasteiger partial charge in [0, 0.05) is 23.8 Å². The molecule has 0 amide bonds. The topological polar surface area (TPSA) is 88.4 Å². The molecule has 2 aliphatic rings. The number of fused-ring (bicyclic) bond motifs is 3. The zero-order valence-electron chi connectivity index (χ0n) is 17.6. The van der Waals surface area contributed by atoms with Gasteiger partial charge in [-0.15, -0.1) is 24.8 Å². The minimum atomic E-state index is -3.25. The van der Waals surface area contributed by atoms with Gasteiger partial charge in [-0.1, -0.05) is 23.7 Å². The van der Waals surface area contributed by atoms with Crippen LogP contribution in [0.15, 0.2) is 35.4 Å². The van der Waals surface area contributed by atoms with Crippen LogP contribution in [-0.4, -0.2) is 42.4 Å². The average molecular weight is 519 g/mol. The number of hydrogen-bond acceptors (Lipinski definition) is 6. The first-order chi connectivity index (χ1) is 14.4. The Morgan fingerprint density at radius 2 is 1.97 bits per heavy atom. The number of sulfone groups is 1. The number of rotatable bonds is 4. The molecular formula is C21H26Cl3N5O2S. The van der Waals surface area contributed by atoms with Crippen molar-refractivity contribution in [1.82, 2.24) is 19.9 Å². The van der Waals surface area contributed by atoms with Crippen LogP contribution in [0.4, 0.5) is 5.82 Å². The van der Waals surface area contributed by atoms with Crippen molar-refractivity contribution < 1.29 is 8.42 Å². The summed E-state index contributed by atoms with van der Waals surface area (Å²) in [6.45, 7) is 2.49. The van der Waals surface area contributed by atoms with Crippen molar-refractivity contribution in [2.45, 2.75) is 42.5 Å². The van der Waals surface area contributed by atoms with Crippen LogP contribution in [0.5, 0.6) is 0 Å². The lowest BCUT2D eigenvalue weighted by Crippen LogP contribution is -2.39. The molecule has 3 heterocycles. The maximum atomic E-state index is 11.9. The zero-order chi connectivity index (χ0) is 20.9. The Kier molecular flexibility index (Phi) is 7.32. The van der Waals surface area contributed by atoms with E-state index in [-0.39, 0.29) is 30.2 Å². The number of piperidine rings is 1. The second-order valence-electron chi connectivity index (χ2n) is 8.32. The highest BCUT2D eigenvalue weighted by atomic mass is 35.5. The monoisotopic (exact) mass is 517 g/mol. The Bertz CT molecular complexity index is 1240. The normalized spacial score (nSPS) is 16.9. The minimum Gasteiger partial charge on any atom is -0.366 e. The highest BCUT2D eigenvalue weighted by molar-refractivity contribution is 7.90. The van der Waals surface area contributed by atoms with Gasteiger partial charge in [0.25, 0.3) is 0 Å². The summed E-state index contributed by atoms with van der Waals surface area (Å²) in [4.78, 5) is 5.30. The molecule has 0 bridgehead atoms. The Labute approximate surface area is 205 Å². The Hall–Kier alpha value is -1.58. The first kappa shape index (κ1) is 25.1. The Morgan fingerprint density at radius 3 is 2.69 bits per heavy atom. The lowest BCUT2D eigenvalue weighted by atomic mass is 9.77. The molecule has 0 radical (unpaired) electrons. The first-order valence-corrected chi connectivity index (χ1v) is 12.4. The predicted octanol–water partition coefficient (Wildman–Crippen LogP) is 3.81. The number of nitrogens with one attached hydrogen (secondary N) is 2. The summed E-state index contributed by atoms with van der Waals surface area (Å²) in [7, 11) is -3.25. The smallest absolute Gasteiger partial charge is 0.176 e. The third kappa shape index (κ3) is 4.31. The van der Waals surface area contributed by atoms with Gasteiger partial charge in [0.15, 0.2) is 15.5 Å². The van der Waals surface area contributed by atoms with E-state index < -0.39 is 9.84 Å². The van der Waals surface area contributed by atoms with E-state index in [2.05, 4.69) is 15.7 Å². The Morgan fingerprint density at radius 1 is 1.22 bits per heavy atom. The molecule has 2 N–H and O–H groups in total. The molecule has 32 heavy (non-hydrogen) atoms. The van der Waals surface area contributed by atoms with E-state index in [1.54, 1.807) is 28.9 Å². The molecule has 0 unspecified atom stereocenters. The van der Waals surface area contributed by atoms with Crippen LogP contribution in [0, 0.1) is 0 Å². The third-order valence-corrected chi connectivity index (χ3v) is 7.78. The molecule has 3 aromatic rings. The molecular weight excluding hydrogens is 493 g/mol. The lowest BCUT2D eigenvalue weighted by Gasteiger charge is -2.34. The number of anilines is 1. The van der Waals surface area contributed by atoms with Gasteiger partial charge in [0.05, 0.1) is 16.8 Å². The molecule has 174 valence electrons. The molecule has 7 nitrogen and oxygen atoms in total. The van der Waals surface area contributed by atoms with Crippen molar-refractivity contribution in [1.29, 1.82) is 0 Å². The van der Waals surface area contributed by atoms with Crippen LogP contribution in [0.2, 0.25) is 5.02 Å².